The van der Waals surface area contributed by atoms with Crippen LogP contribution in [0, 0.1) is 17.3 Å². The Morgan fingerprint density at radius 2 is 1.05 bits per heavy atom. The molecule has 0 amide bonds. The molecule has 0 saturated heterocycles. The quantitative estimate of drug-likeness (QED) is 0.204. The molecule has 2 atom stereocenters. The molecule has 1 fully saturated rings. The summed E-state index contributed by atoms with van der Waals surface area (Å²) in [5.74, 6) is 0.473. The van der Waals surface area contributed by atoms with Crippen LogP contribution in [0.25, 0.3) is 0 Å². The van der Waals surface area contributed by atoms with Crippen molar-refractivity contribution < 1.29 is 19.1 Å². The Hall–Kier alpha value is -2.88. The van der Waals surface area contributed by atoms with Gasteiger partial charge in [0.2, 0.25) is 0 Å². The number of fused-ring (bicyclic) bond motifs is 2. The van der Waals surface area contributed by atoms with Gasteiger partial charge in [0.05, 0.1) is 11.1 Å². The van der Waals surface area contributed by atoms with Gasteiger partial charge in [-0.25, -0.2) is 9.59 Å². The molecule has 2 aliphatic rings. The molecule has 4 heteroatoms. The molecule has 1 saturated carbocycles. The van der Waals surface area contributed by atoms with Gasteiger partial charge in [-0.15, -0.1) is 0 Å². The largest absolute Gasteiger partial charge is 0.423 e. The molecule has 0 heterocycles. The molecule has 2 bridgehead atoms. The van der Waals surface area contributed by atoms with Gasteiger partial charge in [-0.3, -0.25) is 0 Å². The fourth-order valence-electron chi connectivity index (χ4n) is 6.77. The number of aryl methyl sites for hydroxylation is 4. The number of ether oxygens (including phenoxy) is 2. The minimum absolute atomic E-state index is 0.00691. The van der Waals surface area contributed by atoms with Gasteiger partial charge in [0.25, 0.3) is 0 Å². The summed E-state index contributed by atoms with van der Waals surface area (Å²) in [7, 11) is 0. The summed E-state index contributed by atoms with van der Waals surface area (Å²) in [5, 5.41) is 0. The van der Waals surface area contributed by atoms with Gasteiger partial charge in [0, 0.05) is 0 Å². The predicted octanol–water partition coefficient (Wildman–Crippen LogP) is 8.37. The summed E-state index contributed by atoms with van der Waals surface area (Å²) >= 11 is 0. The normalized spacial score (nSPS) is 19.4. The maximum atomic E-state index is 13.9. The second-order valence-electron chi connectivity index (χ2n) is 12.0. The van der Waals surface area contributed by atoms with Crippen LogP contribution in [0.15, 0.2) is 47.5 Å². The van der Waals surface area contributed by atoms with Crippen LogP contribution in [-0.4, -0.2) is 11.9 Å². The summed E-state index contributed by atoms with van der Waals surface area (Å²) in [5.41, 5.74) is 5.28. The third kappa shape index (κ3) is 6.00. The minimum Gasteiger partial charge on any atom is -0.423 e. The van der Waals surface area contributed by atoms with E-state index < -0.39 is 0 Å². The molecule has 0 radical (unpaired) electrons. The molecule has 0 aliphatic heterocycles. The lowest BCUT2D eigenvalue weighted by molar-refractivity contribution is -0.133. The Balaban J connectivity index is 1.70. The Kier molecular flexibility index (Phi) is 9.35. The highest BCUT2D eigenvalue weighted by atomic mass is 16.5. The Labute approximate surface area is 235 Å². The first-order valence-electron chi connectivity index (χ1n) is 15.2. The number of esters is 2. The van der Waals surface area contributed by atoms with Crippen molar-refractivity contribution in [3.8, 4) is 11.5 Å². The number of benzene rings is 2. The molecule has 2 aliphatic carbocycles. The van der Waals surface area contributed by atoms with E-state index in [0.29, 0.717) is 22.6 Å². The highest BCUT2D eigenvalue weighted by Crippen LogP contribution is 2.60. The number of hydrogen-bond donors (Lipinski definition) is 0. The van der Waals surface area contributed by atoms with Crippen molar-refractivity contribution in [1.82, 2.24) is 0 Å². The van der Waals surface area contributed by atoms with Crippen LogP contribution in [0.2, 0.25) is 0 Å². The van der Waals surface area contributed by atoms with Gasteiger partial charge in [0.15, 0.2) is 0 Å². The molecule has 0 spiro atoms. The third-order valence-corrected chi connectivity index (χ3v) is 8.75. The maximum Gasteiger partial charge on any atom is 0.340 e. The van der Waals surface area contributed by atoms with Crippen molar-refractivity contribution in [2.75, 3.05) is 0 Å². The van der Waals surface area contributed by atoms with E-state index in [0.717, 1.165) is 86.5 Å². The smallest absolute Gasteiger partial charge is 0.340 e. The van der Waals surface area contributed by atoms with E-state index in [1.165, 1.54) is 0 Å². The predicted molar refractivity (Wildman–Crippen MR) is 157 cm³/mol. The van der Waals surface area contributed by atoms with Crippen LogP contribution in [0.5, 0.6) is 11.5 Å². The lowest BCUT2D eigenvalue weighted by Gasteiger charge is -2.25. The summed E-state index contributed by atoms with van der Waals surface area (Å²) in [6.45, 7) is 12.9. The number of carbonyl (C=O) groups is 2. The molecular formula is C35H46O4. The molecule has 4 nitrogen and oxygen atoms in total. The van der Waals surface area contributed by atoms with Gasteiger partial charge in [-0.05, 0) is 90.2 Å². The fraction of sp³-hybridized carbons (Fsp3) is 0.543. The van der Waals surface area contributed by atoms with Crippen LogP contribution >= 0.6 is 0 Å². The number of rotatable bonds is 12. The van der Waals surface area contributed by atoms with E-state index in [2.05, 4.69) is 65.8 Å². The standard InChI is InChI=1S/C35H46O4/c1-7-11-23-15-17-25(13-9-3)29(21-23)38-33(36)31-27-19-20-28(35(27,5)6)32(31)34(37)39-30-22-24(12-8-2)16-18-26(30)14-10-4/h15-18,21-22,27-28H,7-14,19-20H2,1-6H3. The molecule has 210 valence electrons. The molecule has 0 N–H and O–H groups in total. The van der Waals surface area contributed by atoms with Crippen LogP contribution < -0.4 is 9.47 Å². The molecule has 2 aromatic carbocycles. The van der Waals surface area contributed by atoms with Gasteiger partial charge in [-0.1, -0.05) is 91.5 Å². The molecule has 2 aromatic rings. The minimum atomic E-state index is -0.387. The zero-order chi connectivity index (χ0) is 28.2. The lowest BCUT2D eigenvalue weighted by atomic mass is 9.79. The molecule has 39 heavy (non-hydrogen) atoms. The van der Waals surface area contributed by atoms with E-state index in [-0.39, 0.29) is 29.2 Å². The van der Waals surface area contributed by atoms with Gasteiger partial charge >= 0.3 is 11.9 Å². The Bertz CT molecular complexity index is 1140. The zero-order valence-electron chi connectivity index (χ0n) is 24.8. The number of carbonyl (C=O) groups excluding carboxylic acids is 2. The maximum absolute atomic E-state index is 13.9. The van der Waals surface area contributed by atoms with E-state index in [9.17, 15) is 9.59 Å². The molecule has 0 aromatic heterocycles. The highest BCUT2D eigenvalue weighted by molar-refractivity contribution is 6.04. The van der Waals surface area contributed by atoms with Crippen molar-refractivity contribution >= 4 is 11.9 Å². The van der Waals surface area contributed by atoms with Gasteiger partial charge in [0.1, 0.15) is 11.5 Å². The monoisotopic (exact) mass is 530 g/mol. The van der Waals surface area contributed by atoms with Crippen molar-refractivity contribution in [2.45, 2.75) is 106 Å². The first kappa shape index (κ1) is 29.1. The molecular weight excluding hydrogens is 484 g/mol. The summed E-state index contributed by atoms with van der Waals surface area (Å²) in [6, 6.07) is 12.5. The highest BCUT2D eigenvalue weighted by Gasteiger charge is 2.57. The topological polar surface area (TPSA) is 52.6 Å². The van der Waals surface area contributed by atoms with Gasteiger partial charge in [-0.2, -0.15) is 0 Å². The van der Waals surface area contributed by atoms with Crippen LogP contribution in [0.4, 0.5) is 0 Å². The first-order valence-corrected chi connectivity index (χ1v) is 15.2. The Morgan fingerprint density at radius 1 is 0.667 bits per heavy atom. The van der Waals surface area contributed by atoms with Crippen LogP contribution in [0.1, 0.15) is 102 Å². The average Bonchev–Trinajstić information content (AvgIpc) is 3.32. The van der Waals surface area contributed by atoms with Crippen LogP contribution in [0.3, 0.4) is 0 Å². The molecule has 2 unspecified atom stereocenters. The number of hydrogen-bond acceptors (Lipinski definition) is 4. The van der Waals surface area contributed by atoms with Gasteiger partial charge < -0.3 is 9.47 Å². The van der Waals surface area contributed by atoms with E-state index in [4.69, 9.17) is 9.47 Å². The van der Waals surface area contributed by atoms with Crippen LogP contribution in [-0.2, 0) is 35.3 Å². The fourth-order valence-corrected chi connectivity index (χ4v) is 6.77. The summed E-state index contributed by atoms with van der Waals surface area (Å²) < 4.78 is 12.3. The molecule has 4 rings (SSSR count). The van der Waals surface area contributed by atoms with Crippen molar-refractivity contribution in [3.63, 3.8) is 0 Å². The average molecular weight is 531 g/mol. The van der Waals surface area contributed by atoms with E-state index in [1.807, 2.05) is 12.1 Å². The van der Waals surface area contributed by atoms with Crippen molar-refractivity contribution in [1.29, 1.82) is 0 Å². The Morgan fingerprint density at radius 3 is 1.41 bits per heavy atom. The van der Waals surface area contributed by atoms with E-state index >= 15 is 0 Å². The second kappa shape index (κ2) is 12.5. The zero-order valence-corrected chi connectivity index (χ0v) is 24.8. The van der Waals surface area contributed by atoms with Crippen molar-refractivity contribution in [3.05, 3.63) is 69.8 Å². The summed E-state index contributed by atoms with van der Waals surface area (Å²) in [4.78, 5) is 27.8. The van der Waals surface area contributed by atoms with E-state index in [1.54, 1.807) is 0 Å². The van der Waals surface area contributed by atoms with Crippen molar-refractivity contribution in [2.24, 2.45) is 17.3 Å². The third-order valence-electron chi connectivity index (χ3n) is 8.75. The lowest BCUT2D eigenvalue weighted by Crippen LogP contribution is -2.24. The second-order valence-corrected chi connectivity index (χ2v) is 12.0. The summed E-state index contributed by atoms with van der Waals surface area (Å²) in [6.07, 6.45) is 9.33. The SMILES string of the molecule is CCCc1ccc(CCC)c(OC(=O)C2=C(C(=O)Oc3cc(CCC)ccc3CCC)C3CCC2C3(C)C)c1. The first-order chi connectivity index (χ1) is 18.7.